The molecule has 1 N–H and O–H groups in total. The van der Waals surface area contributed by atoms with Gasteiger partial charge < -0.3 is 14.4 Å². The quantitative estimate of drug-likeness (QED) is 0.745. The zero-order valence-corrected chi connectivity index (χ0v) is 10.9. The van der Waals surface area contributed by atoms with Crippen molar-refractivity contribution in [3.8, 4) is 0 Å². The van der Waals surface area contributed by atoms with Crippen LogP contribution in [0.4, 0.5) is 0 Å². The van der Waals surface area contributed by atoms with Crippen molar-refractivity contribution in [2.45, 2.75) is 25.3 Å². The van der Waals surface area contributed by atoms with Gasteiger partial charge in [0.05, 0.1) is 6.61 Å². The molecule has 1 atom stereocenters. The zero-order chi connectivity index (χ0) is 13.1. The minimum absolute atomic E-state index is 0.285. The van der Waals surface area contributed by atoms with Gasteiger partial charge in [-0.2, -0.15) is 0 Å². The molecule has 0 aromatic carbocycles. The van der Waals surface area contributed by atoms with Crippen LogP contribution in [0.15, 0.2) is 0 Å². The van der Waals surface area contributed by atoms with Crippen molar-refractivity contribution in [3.05, 3.63) is 11.6 Å². The molecule has 0 fully saturated rings. The number of hydrogen-bond acceptors (Lipinski definition) is 6. The van der Waals surface area contributed by atoms with Crippen LogP contribution >= 0.6 is 0 Å². The van der Waals surface area contributed by atoms with E-state index in [1.165, 1.54) is 0 Å². The first-order valence-corrected chi connectivity index (χ1v) is 7.08. The predicted molar refractivity (Wildman–Crippen MR) is 61.1 cm³/mol. The highest BCUT2D eigenvalue weighted by Gasteiger charge is 2.24. The van der Waals surface area contributed by atoms with Crippen LogP contribution in [-0.2, 0) is 27.7 Å². The molecule has 1 rings (SSSR count). The molecule has 0 radical (unpaired) electrons. The molecule has 98 valence electrons. The van der Waals surface area contributed by atoms with Crippen LogP contribution in [-0.4, -0.2) is 48.3 Å². The third-order valence-electron chi connectivity index (χ3n) is 2.52. The van der Waals surface area contributed by atoms with Crippen molar-refractivity contribution in [2.24, 2.45) is 0 Å². The van der Waals surface area contributed by atoms with Crippen molar-refractivity contribution < 1.29 is 18.3 Å². The lowest BCUT2D eigenvalue weighted by Gasteiger charge is -2.12. The average Bonchev–Trinajstić information content (AvgIpc) is 2.66. The molecule has 0 bridgehead atoms. The third kappa shape index (κ3) is 3.24. The van der Waals surface area contributed by atoms with E-state index in [1.54, 1.807) is 18.6 Å². The molecule has 1 unspecified atom stereocenters. The van der Waals surface area contributed by atoms with Gasteiger partial charge in [0, 0.05) is 19.9 Å². The highest BCUT2D eigenvalue weighted by Crippen LogP contribution is 2.19. The Labute approximate surface area is 100 Å². The van der Waals surface area contributed by atoms with Gasteiger partial charge in [0.2, 0.25) is 0 Å². The molecule has 0 aliphatic rings. The summed E-state index contributed by atoms with van der Waals surface area (Å²) >= 11 is 0. The summed E-state index contributed by atoms with van der Waals surface area (Å²) in [6.07, 6.45) is 1.14. The number of methoxy groups -OCH3 is 1. The van der Waals surface area contributed by atoms with Gasteiger partial charge in [0.1, 0.15) is 11.9 Å². The molecule has 17 heavy (non-hydrogen) atoms. The number of sulfone groups is 1. The van der Waals surface area contributed by atoms with Crippen molar-refractivity contribution in [1.29, 1.82) is 0 Å². The maximum atomic E-state index is 11.5. The van der Waals surface area contributed by atoms with Crippen LogP contribution in [0, 0.1) is 0 Å². The van der Waals surface area contributed by atoms with Gasteiger partial charge in [-0.25, -0.2) is 8.42 Å². The van der Waals surface area contributed by atoms with Crippen LogP contribution < -0.4 is 0 Å². The largest absolute Gasteiger partial charge is 0.388 e. The molecule has 0 aliphatic carbocycles. The molecule has 0 spiro atoms. The molecular weight excluding hydrogens is 246 g/mol. The lowest BCUT2D eigenvalue weighted by atomic mass is 10.4. The topological polar surface area (TPSA) is 94.3 Å². The molecule has 0 saturated carbocycles. The maximum absolute atomic E-state index is 11.5. The van der Waals surface area contributed by atoms with E-state index in [0.717, 1.165) is 6.26 Å². The summed E-state index contributed by atoms with van der Waals surface area (Å²) in [6.45, 7) is 2.07. The molecule has 0 amide bonds. The van der Waals surface area contributed by atoms with E-state index < -0.39 is 15.1 Å². The van der Waals surface area contributed by atoms with Gasteiger partial charge in [0.15, 0.2) is 21.5 Å². The van der Waals surface area contributed by atoms with E-state index in [2.05, 4.69) is 10.2 Å². The van der Waals surface area contributed by atoms with Gasteiger partial charge in [-0.05, 0) is 6.92 Å². The zero-order valence-electron chi connectivity index (χ0n) is 10.1. The lowest BCUT2D eigenvalue weighted by Crippen LogP contribution is -2.17. The smallest absolute Gasteiger partial charge is 0.158 e. The van der Waals surface area contributed by atoms with Crippen molar-refractivity contribution >= 4 is 9.84 Å². The Morgan fingerprint density at radius 3 is 2.59 bits per heavy atom. The Balaban J connectivity index is 3.11. The SMILES string of the molecule is COCCn1c(CO)nnc1C(C)S(C)(=O)=O. The summed E-state index contributed by atoms with van der Waals surface area (Å²) in [6, 6.07) is 0. The van der Waals surface area contributed by atoms with E-state index in [1.807, 2.05) is 0 Å². The van der Waals surface area contributed by atoms with Crippen LogP contribution in [0.3, 0.4) is 0 Å². The van der Waals surface area contributed by atoms with Crippen molar-refractivity contribution in [3.63, 3.8) is 0 Å². The monoisotopic (exact) mass is 263 g/mol. The average molecular weight is 263 g/mol. The second-order valence-electron chi connectivity index (χ2n) is 3.75. The number of aliphatic hydroxyl groups is 1. The number of aromatic nitrogens is 3. The summed E-state index contributed by atoms with van der Waals surface area (Å²) in [5, 5.41) is 15.9. The van der Waals surface area contributed by atoms with Gasteiger partial charge in [-0.1, -0.05) is 0 Å². The first kappa shape index (κ1) is 14.1. The predicted octanol–water partition coefficient (Wildman–Crippen LogP) is -0.478. The lowest BCUT2D eigenvalue weighted by molar-refractivity contribution is 0.181. The molecule has 0 saturated heterocycles. The highest BCUT2D eigenvalue weighted by molar-refractivity contribution is 7.90. The molecule has 7 nitrogen and oxygen atoms in total. The highest BCUT2D eigenvalue weighted by atomic mass is 32.2. The summed E-state index contributed by atoms with van der Waals surface area (Å²) < 4.78 is 29.5. The Bertz CT molecular complexity index is 469. The van der Waals surface area contributed by atoms with E-state index >= 15 is 0 Å². The van der Waals surface area contributed by atoms with E-state index in [9.17, 15) is 8.42 Å². The number of aliphatic hydroxyl groups excluding tert-OH is 1. The third-order valence-corrected chi connectivity index (χ3v) is 4.02. The second kappa shape index (κ2) is 5.56. The number of nitrogens with zero attached hydrogens (tertiary/aromatic N) is 3. The minimum atomic E-state index is -3.24. The Hall–Kier alpha value is -0.990. The number of rotatable bonds is 6. The number of ether oxygens (including phenoxy) is 1. The van der Waals surface area contributed by atoms with Crippen LogP contribution in [0.5, 0.6) is 0 Å². The molecule has 1 aromatic rings. The molecule has 1 heterocycles. The fraction of sp³-hybridized carbons (Fsp3) is 0.778. The summed E-state index contributed by atoms with van der Waals surface area (Å²) in [4.78, 5) is 0. The van der Waals surface area contributed by atoms with Gasteiger partial charge in [-0.3, -0.25) is 0 Å². The first-order chi connectivity index (χ1) is 7.91. The van der Waals surface area contributed by atoms with Gasteiger partial charge in [-0.15, -0.1) is 10.2 Å². The van der Waals surface area contributed by atoms with Gasteiger partial charge in [0.25, 0.3) is 0 Å². The summed E-state index contributed by atoms with van der Waals surface area (Å²) in [5.41, 5.74) is 0. The molecule has 8 heteroatoms. The van der Waals surface area contributed by atoms with Crippen LogP contribution in [0.2, 0.25) is 0 Å². The second-order valence-corrected chi connectivity index (χ2v) is 6.11. The summed E-state index contributed by atoms with van der Waals surface area (Å²) in [5.74, 6) is 0.668. The van der Waals surface area contributed by atoms with E-state index in [0.29, 0.717) is 24.8 Å². The molecule has 1 aromatic heterocycles. The van der Waals surface area contributed by atoms with E-state index in [4.69, 9.17) is 9.84 Å². The fourth-order valence-corrected chi connectivity index (χ4v) is 1.94. The Kier molecular flexibility index (Phi) is 4.61. The van der Waals surface area contributed by atoms with E-state index in [-0.39, 0.29) is 6.61 Å². The molecular formula is C9H17N3O4S. The number of hydrogen-bond donors (Lipinski definition) is 1. The maximum Gasteiger partial charge on any atom is 0.158 e. The fourth-order valence-electron chi connectivity index (χ4n) is 1.38. The normalized spacial score (nSPS) is 13.9. The van der Waals surface area contributed by atoms with Crippen molar-refractivity contribution in [1.82, 2.24) is 14.8 Å². The Morgan fingerprint density at radius 1 is 1.47 bits per heavy atom. The standard InChI is InChI=1S/C9H17N3O4S/c1-7(17(3,14)15)9-11-10-8(6-13)12(9)4-5-16-2/h7,13H,4-6H2,1-3H3. The first-order valence-electron chi connectivity index (χ1n) is 5.12. The minimum Gasteiger partial charge on any atom is -0.388 e. The molecule has 0 aliphatic heterocycles. The van der Waals surface area contributed by atoms with Crippen molar-refractivity contribution in [2.75, 3.05) is 20.0 Å². The summed E-state index contributed by atoms with van der Waals surface area (Å²) in [7, 11) is -1.70. The Morgan fingerprint density at radius 2 is 2.12 bits per heavy atom. The van der Waals surface area contributed by atoms with Gasteiger partial charge >= 0.3 is 0 Å². The van der Waals surface area contributed by atoms with Crippen LogP contribution in [0.25, 0.3) is 0 Å². The van der Waals surface area contributed by atoms with Crippen LogP contribution in [0.1, 0.15) is 23.8 Å².